The number of aliphatic hydroxyl groups excluding tert-OH is 1. The quantitative estimate of drug-likeness (QED) is 0.148. The number of fused-ring (bicyclic) bond motifs is 2. The number of carbonyl (C=O) groups excluding carboxylic acids is 2. The molecule has 2 fully saturated rings. The lowest BCUT2D eigenvalue weighted by Gasteiger charge is -2.44. The van der Waals surface area contributed by atoms with Gasteiger partial charge in [0.15, 0.2) is 5.79 Å². The molecule has 7 rings (SSSR count). The Balaban J connectivity index is 1.50. The lowest BCUT2D eigenvalue weighted by Crippen LogP contribution is -2.53. The molecular formula is C45H50Cl2FN3O5. The van der Waals surface area contributed by atoms with E-state index < -0.39 is 58.2 Å². The van der Waals surface area contributed by atoms with Gasteiger partial charge in [-0.15, -0.1) is 0 Å². The zero-order valence-electron chi connectivity index (χ0n) is 32.6. The van der Waals surface area contributed by atoms with Gasteiger partial charge >= 0.3 is 0 Å². The average molecular weight is 803 g/mol. The topological polar surface area (TPSA) is 100 Å². The van der Waals surface area contributed by atoms with Crippen LogP contribution in [0.3, 0.4) is 0 Å². The van der Waals surface area contributed by atoms with E-state index in [1.165, 1.54) is 12.1 Å². The van der Waals surface area contributed by atoms with Crippen molar-refractivity contribution in [3.05, 3.63) is 135 Å². The Bertz CT molecular complexity index is 2100. The number of nitrogens with one attached hydrogen (secondary N) is 2. The third-order valence-electron chi connectivity index (χ3n) is 11.5. The van der Waals surface area contributed by atoms with Crippen LogP contribution in [0.15, 0.2) is 97.1 Å². The summed E-state index contributed by atoms with van der Waals surface area (Å²) in [5.41, 5.74) is 0.161. The van der Waals surface area contributed by atoms with E-state index in [0.717, 1.165) is 5.56 Å². The van der Waals surface area contributed by atoms with Crippen LogP contribution in [0.25, 0.3) is 0 Å². The van der Waals surface area contributed by atoms with Gasteiger partial charge in [0.2, 0.25) is 11.8 Å². The average Bonchev–Trinajstić information content (AvgIpc) is 3.70. The smallest absolute Gasteiger partial charge is 0.238 e. The van der Waals surface area contributed by atoms with Gasteiger partial charge in [0, 0.05) is 29.2 Å². The molecule has 0 saturated carbocycles. The minimum Gasteiger partial charge on any atom is -0.386 e. The van der Waals surface area contributed by atoms with Gasteiger partial charge in [-0.25, -0.2) is 4.39 Å². The maximum Gasteiger partial charge on any atom is 0.238 e. The fraction of sp³-hybridized carbons (Fsp3) is 0.422. The molecule has 3 aliphatic heterocycles. The number of amides is 2. The molecule has 11 heteroatoms. The van der Waals surface area contributed by atoms with E-state index in [1.807, 2.05) is 92.4 Å². The zero-order chi connectivity index (χ0) is 40.2. The largest absolute Gasteiger partial charge is 0.386 e. The molecule has 1 spiro atoms. The molecule has 0 radical (unpaired) electrons. The number of rotatable bonds is 10. The van der Waals surface area contributed by atoms with E-state index in [1.54, 1.807) is 18.2 Å². The van der Waals surface area contributed by atoms with E-state index in [9.17, 15) is 5.11 Å². The predicted molar refractivity (Wildman–Crippen MR) is 217 cm³/mol. The van der Waals surface area contributed by atoms with Gasteiger partial charge in [-0.1, -0.05) is 117 Å². The number of carbonyl (C=O) groups is 2. The van der Waals surface area contributed by atoms with Crippen molar-refractivity contribution >= 4 is 40.7 Å². The summed E-state index contributed by atoms with van der Waals surface area (Å²) < 4.78 is 28.0. The highest BCUT2D eigenvalue weighted by Gasteiger charge is 2.70. The molecule has 0 bridgehead atoms. The molecule has 56 heavy (non-hydrogen) atoms. The Kier molecular flexibility index (Phi) is 10.9. The molecule has 4 aromatic rings. The second-order valence-electron chi connectivity index (χ2n) is 17.3. The first-order valence-electron chi connectivity index (χ1n) is 19.2. The number of benzene rings is 4. The van der Waals surface area contributed by atoms with Crippen molar-refractivity contribution in [1.82, 2.24) is 10.2 Å². The van der Waals surface area contributed by atoms with E-state index in [4.69, 9.17) is 32.7 Å². The number of ether oxygens (including phenoxy) is 2. The van der Waals surface area contributed by atoms with Crippen LogP contribution in [0, 0.1) is 11.2 Å². The highest BCUT2D eigenvalue weighted by molar-refractivity contribution is 6.31. The van der Waals surface area contributed by atoms with E-state index >= 15 is 14.0 Å². The van der Waals surface area contributed by atoms with Crippen molar-refractivity contribution in [1.29, 1.82) is 0 Å². The van der Waals surface area contributed by atoms with Gasteiger partial charge in [0.25, 0.3) is 0 Å². The minimum absolute atomic E-state index is 0.131. The van der Waals surface area contributed by atoms with Crippen LogP contribution in [-0.4, -0.2) is 58.4 Å². The Morgan fingerprint density at radius 3 is 2.25 bits per heavy atom. The van der Waals surface area contributed by atoms with E-state index in [0.29, 0.717) is 46.8 Å². The van der Waals surface area contributed by atoms with Crippen LogP contribution < -0.4 is 10.6 Å². The molecule has 8 nitrogen and oxygen atoms in total. The van der Waals surface area contributed by atoms with E-state index in [2.05, 4.69) is 31.4 Å². The number of likely N-dealkylation sites (tertiary alicyclic amines) is 1. The molecule has 7 unspecified atom stereocenters. The molecule has 4 aromatic carbocycles. The fourth-order valence-corrected chi connectivity index (χ4v) is 9.70. The molecule has 0 aliphatic carbocycles. The Labute approximate surface area is 338 Å². The second kappa shape index (κ2) is 15.2. The number of aliphatic hydroxyl groups is 1. The van der Waals surface area contributed by atoms with Crippen LogP contribution in [-0.2, 0) is 24.5 Å². The predicted octanol–water partition coefficient (Wildman–Crippen LogP) is 9.12. The summed E-state index contributed by atoms with van der Waals surface area (Å²) in [6.07, 6.45) is -0.314. The number of hydrogen-bond acceptors (Lipinski definition) is 6. The lowest BCUT2D eigenvalue weighted by atomic mass is 9.62. The second-order valence-corrected chi connectivity index (χ2v) is 18.2. The normalized spacial score (nSPS) is 26.9. The van der Waals surface area contributed by atoms with Crippen LogP contribution in [0.4, 0.5) is 10.1 Å². The maximum atomic E-state index is 15.9. The van der Waals surface area contributed by atoms with Gasteiger partial charge in [-0.2, -0.15) is 0 Å². The van der Waals surface area contributed by atoms with Gasteiger partial charge in [-0.3, -0.25) is 14.5 Å². The van der Waals surface area contributed by atoms with Gasteiger partial charge < -0.3 is 25.2 Å². The fourth-order valence-electron chi connectivity index (χ4n) is 9.34. The molecular weight excluding hydrogens is 752 g/mol. The summed E-state index contributed by atoms with van der Waals surface area (Å²) in [7, 11) is 0. The van der Waals surface area contributed by atoms with Crippen molar-refractivity contribution in [2.75, 3.05) is 18.5 Å². The summed E-state index contributed by atoms with van der Waals surface area (Å²) in [4.78, 5) is 32.8. The van der Waals surface area contributed by atoms with E-state index in [-0.39, 0.29) is 23.4 Å². The number of hydrogen-bond donors (Lipinski definition) is 3. The summed E-state index contributed by atoms with van der Waals surface area (Å²) in [5, 5.41) is 19.3. The molecule has 3 aliphatic rings. The summed E-state index contributed by atoms with van der Waals surface area (Å²) >= 11 is 13.1. The molecule has 296 valence electrons. The monoisotopic (exact) mass is 801 g/mol. The van der Waals surface area contributed by atoms with Crippen LogP contribution in [0.1, 0.15) is 94.7 Å². The third-order valence-corrected chi connectivity index (χ3v) is 12.0. The lowest BCUT2D eigenvalue weighted by molar-refractivity contribution is -0.158. The highest BCUT2D eigenvalue weighted by atomic mass is 35.5. The van der Waals surface area contributed by atoms with Crippen LogP contribution in [0.5, 0.6) is 0 Å². The molecule has 2 amide bonds. The molecule has 3 N–H and O–H groups in total. The van der Waals surface area contributed by atoms with Crippen molar-refractivity contribution in [2.45, 2.75) is 101 Å². The van der Waals surface area contributed by atoms with Crippen molar-refractivity contribution < 1.29 is 28.6 Å². The summed E-state index contributed by atoms with van der Waals surface area (Å²) in [6.45, 7) is 12.5. The first-order chi connectivity index (χ1) is 26.4. The summed E-state index contributed by atoms with van der Waals surface area (Å²) in [6, 6.07) is 26.2. The Morgan fingerprint density at radius 2 is 1.64 bits per heavy atom. The first-order valence-corrected chi connectivity index (χ1v) is 19.9. The first kappa shape index (κ1) is 40.4. The standard InChI is InChI=1S/C45H50Cl2FN3O5/c1-42(2,3)25-35-45(31-23-33(48)32(47)24-34(31)50-41(45)54)36(29-18-13-19-30(46)22-29)38(40(53)49-21-20-44(6)26-55-43(4,5)56-44)51(35)37(27-14-9-7-10-15-27)39(52)28-16-11-8-12-17-28/h7-19,22-24,35-39,52H,20-21,25-26H2,1-6H3,(H,49,53)(H,50,54). The number of anilines is 1. The van der Waals surface area contributed by atoms with Gasteiger partial charge in [0.1, 0.15) is 11.2 Å². The van der Waals surface area contributed by atoms with Gasteiger partial charge in [-0.05, 0) is 85.5 Å². The van der Waals surface area contributed by atoms with Crippen molar-refractivity contribution in [3.8, 4) is 0 Å². The maximum absolute atomic E-state index is 15.9. The van der Waals surface area contributed by atoms with Gasteiger partial charge in [0.05, 0.1) is 35.4 Å². The van der Waals surface area contributed by atoms with Crippen LogP contribution >= 0.6 is 23.2 Å². The Morgan fingerprint density at radius 1 is 0.982 bits per heavy atom. The highest BCUT2D eigenvalue weighted by Crippen LogP contribution is 2.62. The SMILES string of the molecule is CC(C)(C)CC1N(C(c2ccccc2)C(O)c2ccccc2)C(C(=O)NCCC2(C)COC(C)(C)O2)C(c2cccc(Cl)c2)C12C(=O)Nc1cc(Cl)c(F)cc12. The third kappa shape index (κ3) is 7.50. The van der Waals surface area contributed by atoms with Crippen molar-refractivity contribution in [2.24, 2.45) is 5.41 Å². The van der Waals surface area contributed by atoms with Crippen LogP contribution in [0.2, 0.25) is 10.0 Å². The summed E-state index contributed by atoms with van der Waals surface area (Å²) in [5.74, 6) is -3.10. The Hall–Kier alpha value is -3.83. The van der Waals surface area contributed by atoms with Crippen molar-refractivity contribution in [3.63, 3.8) is 0 Å². The molecule has 3 heterocycles. The molecule has 0 aromatic heterocycles. The minimum atomic E-state index is -1.55. The number of halogens is 3. The zero-order valence-corrected chi connectivity index (χ0v) is 34.1. The number of nitrogens with zero attached hydrogens (tertiary/aromatic N) is 1. The molecule has 2 saturated heterocycles. The molecule has 7 atom stereocenters.